The standard InChI is InChI=1S/C27H27FN6O/c1-16-6-4-7-17-13-21(34(27(35)22(16)17)20-10-2-3-11-20)14-31-26-23(25(30)32-15-33-26)24(29)18-8-5-9-19(28)12-18/h4-9,12-13,15,20,29H,2-3,10-11,14H2,1H3,(H3,30,31,32,33). The molecule has 0 saturated heterocycles. The van der Waals surface area contributed by atoms with Crippen LogP contribution >= 0.6 is 0 Å². The summed E-state index contributed by atoms with van der Waals surface area (Å²) in [5.74, 6) is 0.0461. The number of rotatable bonds is 6. The molecule has 0 spiro atoms. The summed E-state index contributed by atoms with van der Waals surface area (Å²) in [6.45, 7) is 2.28. The maximum atomic E-state index is 13.8. The number of benzene rings is 2. The van der Waals surface area contributed by atoms with Crippen LogP contribution in [0.4, 0.5) is 16.0 Å². The monoisotopic (exact) mass is 470 g/mol. The molecule has 0 bridgehead atoms. The second kappa shape index (κ2) is 9.29. The number of hydrogen-bond acceptors (Lipinski definition) is 6. The van der Waals surface area contributed by atoms with Crippen LogP contribution in [0.1, 0.15) is 54.1 Å². The Morgan fingerprint density at radius 2 is 1.94 bits per heavy atom. The molecular weight excluding hydrogens is 443 g/mol. The lowest BCUT2D eigenvalue weighted by Gasteiger charge is -2.22. The molecule has 0 amide bonds. The smallest absolute Gasteiger partial charge is 0.259 e. The molecule has 4 aromatic rings. The van der Waals surface area contributed by atoms with Gasteiger partial charge >= 0.3 is 0 Å². The summed E-state index contributed by atoms with van der Waals surface area (Å²) < 4.78 is 15.7. The third-order valence-corrected chi connectivity index (χ3v) is 6.74. The summed E-state index contributed by atoms with van der Waals surface area (Å²) in [5, 5.41) is 13.6. The van der Waals surface area contributed by atoms with Crippen molar-refractivity contribution in [2.45, 2.75) is 45.2 Å². The lowest BCUT2D eigenvalue weighted by molar-refractivity contribution is 0.488. The normalized spacial score (nSPS) is 13.9. The molecule has 0 radical (unpaired) electrons. The van der Waals surface area contributed by atoms with E-state index in [9.17, 15) is 9.18 Å². The predicted octanol–water partition coefficient (Wildman–Crippen LogP) is 4.96. The van der Waals surface area contributed by atoms with E-state index in [-0.39, 0.29) is 23.1 Å². The summed E-state index contributed by atoms with van der Waals surface area (Å²) >= 11 is 0. The van der Waals surface area contributed by atoms with Crippen molar-refractivity contribution in [3.05, 3.63) is 93.4 Å². The van der Waals surface area contributed by atoms with Gasteiger partial charge in [-0.2, -0.15) is 0 Å². The van der Waals surface area contributed by atoms with E-state index in [2.05, 4.69) is 21.4 Å². The van der Waals surface area contributed by atoms with Gasteiger partial charge < -0.3 is 15.6 Å². The van der Waals surface area contributed by atoms with Crippen LogP contribution in [-0.2, 0) is 6.54 Å². The first-order valence-electron chi connectivity index (χ1n) is 11.8. The Balaban J connectivity index is 1.55. The average Bonchev–Trinajstić information content (AvgIpc) is 3.36. The summed E-state index contributed by atoms with van der Waals surface area (Å²) in [6, 6.07) is 13.9. The Labute approximate surface area is 202 Å². The minimum atomic E-state index is -0.441. The number of nitrogens with two attached hydrogens (primary N) is 1. The van der Waals surface area contributed by atoms with E-state index in [1.54, 1.807) is 12.1 Å². The molecule has 2 aromatic heterocycles. The molecule has 1 aliphatic rings. The lowest BCUT2D eigenvalue weighted by Crippen LogP contribution is -2.28. The average molecular weight is 471 g/mol. The molecule has 2 heterocycles. The van der Waals surface area contributed by atoms with Gasteiger partial charge in [-0.15, -0.1) is 0 Å². The third kappa shape index (κ3) is 4.27. The molecule has 2 aromatic carbocycles. The first kappa shape index (κ1) is 22.7. The summed E-state index contributed by atoms with van der Waals surface area (Å²) in [7, 11) is 0. The first-order valence-corrected chi connectivity index (χ1v) is 11.8. The van der Waals surface area contributed by atoms with Gasteiger partial charge in [-0.25, -0.2) is 14.4 Å². The summed E-state index contributed by atoms with van der Waals surface area (Å²) in [5.41, 5.74) is 8.66. The van der Waals surface area contributed by atoms with Crippen molar-refractivity contribution >= 4 is 28.1 Å². The van der Waals surface area contributed by atoms with Crippen LogP contribution in [0.5, 0.6) is 0 Å². The van der Waals surface area contributed by atoms with E-state index in [4.69, 9.17) is 11.1 Å². The van der Waals surface area contributed by atoms with Crippen molar-refractivity contribution in [1.29, 1.82) is 5.41 Å². The minimum Gasteiger partial charge on any atom is -0.383 e. The Morgan fingerprint density at radius 1 is 1.17 bits per heavy atom. The fourth-order valence-electron chi connectivity index (χ4n) is 5.04. The Bertz CT molecular complexity index is 1490. The van der Waals surface area contributed by atoms with Crippen LogP contribution in [0.15, 0.2) is 59.7 Å². The van der Waals surface area contributed by atoms with Crippen molar-refractivity contribution < 1.29 is 4.39 Å². The SMILES string of the molecule is Cc1cccc2cc(CNc3ncnc(N)c3C(=N)c3cccc(F)c3)n(C3CCCC3)c(=O)c12. The molecular formula is C27H27FN6O. The molecule has 35 heavy (non-hydrogen) atoms. The molecule has 0 aliphatic heterocycles. The number of halogens is 1. The largest absolute Gasteiger partial charge is 0.383 e. The zero-order chi connectivity index (χ0) is 24.5. The van der Waals surface area contributed by atoms with Crippen molar-refractivity contribution in [2.75, 3.05) is 11.1 Å². The number of fused-ring (bicyclic) bond motifs is 1. The van der Waals surface area contributed by atoms with Crippen LogP contribution in [0.25, 0.3) is 10.8 Å². The van der Waals surface area contributed by atoms with Crippen molar-refractivity contribution in [3.8, 4) is 0 Å². The topological polar surface area (TPSA) is 110 Å². The van der Waals surface area contributed by atoms with Crippen LogP contribution in [0.2, 0.25) is 0 Å². The molecule has 1 saturated carbocycles. The van der Waals surface area contributed by atoms with Gasteiger partial charge in [-0.05, 0) is 48.9 Å². The number of nitrogens with zero attached hydrogens (tertiary/aromatic N) is 3. The first-order chi connectivity index (χ1) is 16.9. The lowest BCUT2D eigenvalue weighted by atomic mass is 10.0. The van der Waals surface area contributed by atoms with Crippen molar-refractivity contribution in [3.63, 3.8) is 0 Å². The van der Waals surface area contributed by atoms with Gasteiger partial charge in [0.05, 0.1) is 23.2 Å². The minimum absolute atomic E-state index is 0.0208. The number of hydrogen-bond donors (Lipinski definition) is 3. The molecule has 0 unspecified atom stereocenters. The highest BCUT2D eigenvalue weighted by atomic mass is 19.1. The Kier molecular flexibility index (Phi) is 6.03. The number of nitrogen functional groups attached to an aromatic ring is 1. The molecule has 178 valence electrons. The number of aryl methyl sites for hydroxylation is 1. The molecule has 5 rings (SSSR count). The zero-order valence-electron chi connectivity index (χ0n) is 19.5. The van der Waals surface area contributed by atoms with Gasteiger partial charge in [-0.1, -0.05) is 43.2 Å². The van der Waals surface area contributed by atoms with Gasteiger partial charge in [0.25, 0.3) is 5.56 Å². The van der Waals surface area contributed by atoms with Crippen LogP contribution in [0, 0.1) is 18.2 Å². The van der Waals surface area contributed by atoms with Crippen LogP contribution in [-0.4, -0.2) is 20.2 Å². The van der Waals surface area contributed by atoms with Gasteiger partial charge in [0.1, 0.15) is 23.8 Å². The van der Waals surface area contributed by atoms with E-state index in [1.807, 2.05) is 29.7 Å². The second-order valence-electron chi connectivity index (χ2n) is 9.01. The fourth-order valence-corrected chi connectivity index (χ4v) is 5.04. The highest BCUT2D eigenvalue weighted by Crippen LogP contribution is 2.31. The van der Waals surface area contributed by atoms with E-state index in [0.717, 1.165) is 47.7 Å². The van der Waals surface area contributed by atoms with Gasteiger partial charge in [-0.3, -0.25) is 10.2 Å². The Morgan fingerprint density at radius 3 is 2.71 bits per heavy atom. The van der Waals surface area contributed by atoms with E-state index >= 15 is 0 Å². The number of nitrogens with one attached hydrogen (secondary N) is 2. The highest BCUT2D eigenvalue weighted by molar-refractivity contribution is 6.16. The van der Waals surface area contributed by atoms with Crippen molar-refractivity contribution in [1.82, 2.24) is 14.5 Å². The number of pyridine rings is 1. The van der Waals surface area contributed by atoms with Crippen LogP contribution < -0.4 is 16.6 Å². The Hall–Kier alpha value is -4.07. The zero-order valence-corrected chi connectivity index (χ0v) is 19.5. The molecule has 8 heteroatoms. The summed E-state index contributed by atoms with van der Waals surface area (Å²) in [4.78, 5) is 22.0. The predicted molar refractivity (Wildman–Crippen MR) is 137 cm³/mol. The highest BCUT2D eigenvalue weighted by Gasteiger charge is 2.23. The molecule has 1 aliphatic carbocycles. The third-order valence-electron chi connectivity index (χ3n) is 6.74. The van der Waals surface area contributed by atoms with E-state index in [1.165, 1.54) is 18.5 Å². The molecule has 1 fully saturated rings. The summed E-state index contributed by atoms with van der Waals surface area (Å²) in [6.07, 6.45) is 5.48. The molecule has 0 atom stereocenters. The van der Waals surface area contributed by atoms with E-state index in [0.29, 0.717) is 23.5 Å². The fraction of sp³-hybridized carbons (Fsp3) is 0.259. The van der Waals surface area contributed by atoms with Gasteiger partial charge in [0, 0.05) is 17.3 Å². The molecule has 7 nitrogen and oxygen atoms in total. The van der Waals surface area contributed by atoms with E-state index < -0.39 is 5.82 Å². The number of anilines is 2. The maximum Gasteiger partial charge on any atom is 0.259 e. The van der Waals surface area contributed by atoms with Gasteiger partial charge in [0.15, 0.2) is 0 Å². The van der Waals surface area contributed by atoms with Crippen LogP contribution in [0.3, 0.4) is 0 Å². The second-order valence-corrected chi connectivity index (χ2v) is 9.01. The number of aromatic nitrogens is 3. The van der Waals surface area contributed by atoms with Gasteiger partial charge in [0.2, 0.25) is 0 Å². The maximum absolute atomic E-state index is 13.8. The van der Waals surface area contributed by atoms with Crippen molar-refractivity contribution in [2.24, 2.45) is 0 Å². The molecule has 4 N–H and O–H groups in total. The quantitative estimate of drug-likeness (QED) is 0.345.